The number of anilines is 1. The van der Waals surface area contributed by atoms with E-state index in [1.54, 1.807) is 19.9 Å². The Kier molecular flexibility index (Phi) is 4.51. The van der Waals surface area contributed by atoms with Crippen LogP contribution in [0.5, 0.6) is 0 Å². The van der Waals surface area contributed by atoms with Crippen molar-refractivity contribution in [1.29, 1.82) is 0 Å². The maximum Gasteiger partial charge on any atom is 0.283 e. The van der Waals surface area contributed by atoms with Crippen LogP contribution < -0.4 is 5.32 Å². The monoisotopic (exact) mass is 372 g/mol. The van der Waals surface area contributed by atoms with Gasteiger partial charge in [-0.05, 0) is 33.8 Å². The highest BCUT2D eigenvalue weighted by Gasteiger charge is 2.21. The number of hydrogen-bond donors (Lipinski definition) is 1. The van der Waals surface area contributed by atoms with Crippen molar-refractivity contribution in [3.05, 3.63) is 55.1 Å². The molecular formula is C16H16N6O3S. The van der Waals surface area contributed by atoms with E-state index in [1.807, 2.05) is 19.9 Å². The lowest BCUT2D eigenvalue weighted by Gasteiger charge is -2.08. The van der Waals surface area contributed by atoms with Gasteiger partial charge in [-0.25, -0.2) is 9.97 Å². The number of carbonyl (C=O) groups excluding carboxylic acids is 1. The lowest BCUT2D eigenvalue weighted by atomic mass is 10.3. The molecule has 26 heavy (non-hydrogen) atoms. The zero-order valence-electron chi connectivity index (χ0n) is 14.6. The number of nitrogens with zero attached hydrogens (tertiary/aromatic N) is 5. The van der Waals surface area contributed by atoms with Gasteiger partial charge < -0.3 is 5.32 Å². The van der Waals surface area contributed by atoms with Crippen LogP contribution in [-0.2, 0) is 0 Å². The number of thiophene rings is 1. The van der Waals surface area contributed by atoms with Crippen LogP contribution in [0.1, 0.15) is 31.6 Å². The fraction of sp³-hybridized carbons (Fsp3) is 0.250. The van der Waals surface area contributed by atoms with E-state index >= 15 is 0 Å². The maximum absolute atomic E-state index is 12.5. The Morgan fingerprint density at radius 2 is 1.77 bits per heavy atom. The van der Waals surface area contributed by atoms with Gasteiger partial charge in [0.15, 0.2) is 0 Å². The maximum atomic E-state index is 12.5. The predicted octanol–water partition coefficient (Wildman–Crippen LogP) is 3.12. The van der Waals surface area contributed by atoms with Gasteiger partial charge in [0.2, 0.25) is 0 Å². The largest absolute Gasteiger partial charge is 0.306 e. The molecular weight excluding hydrogens is 356 g/mol. The van der Waals surface area contributed by atoms with Crippen molar-refractivity contribution < 1.29 is 9.72 Å². The van der Waals surface area contributed by atoms with Crippen molar-refractivity contribution in [2.45, 2.75) is 27.7 Å². The molecule has 0 aliphatic rings. The summed E-state index contributed by atoms with van der Waals surface area (Å²) in [5.41, 5.74) is 2.17. The van der Waals surface area contributed by atoms with E-state index in [9.17, 15) is 14.9 Å². The molecule has 0 aliphatic heterocycles. The first-order chi connectivity index (χ1) is 12.2. The molecule has 9 nitrogen and oxygen atoms in total. The van der Waals surface area contributed by atoms with E-state index in [-0.39, 0.29) is 10.6 Å². The molecule has 3 rings (SSSR count). The average molecular weight is 372 g/mol. The third-order valence-electron chi connectivity index (χ3n) is 3.55. The highest BCUT2D eigenvalue weighted by atomic mass is 32.1. The molecule has 1 N–H and O–H groups in total. The van der Waals surface area contributed by atoms with Crippen molar-refractivity contribution >= 4 is 28.7 Å². The Hall–Kier alpha value is -3.14. The SMILES string of the molecule is Cc1cc(C)nc(-n2nc(C)cc2NC(=O)c2cc([N+](=O)[O-])c(C)s2)n1. The van der Waals surface area contributed by atoms with Crippen molar-refractivity contribution in [3.8, 4) is 5.95 Å². The fourth-order valence-corrected chi connectivity index (χ4v) is 3.37. The number of rotatable bonds is 4. The summed E-state index contributed by atoms with van der Waals surface area (Å²) in [6.45, 7) is 7.09. The lowest BCUT2D eigenvalue weighted by Crippen LogP contribution is -2.15. The van der Waals surface area contributed by atoms with E-state index in [1.165, 1.54) is 10.7 Å². The first kappa shape index (κ1) is 17.7. The molecule has 134 valence electrons. The van der Waals surface area contributed by atoms with Crippen molar-refractivity contribution in [3.63, 3.8) is 0 Å². The van der Waals surface area contributed by atoms with Crippen LogP contribution in [0.4, 0.5) is 11.5 Å². The Bertz CT molecular complexity index is 1000. The number of hydrogen-bond acceptors (Lipinski definition) is 7. The summed E-state index contributed by atoms with van der Waals surface area (Å²) in [4.78, 5) is 32.4. The second-order valence-corrected chi connectivity index (χ2v) is 7.05. The van der Waals surface area contributed by atoms with Crippen molar-refractivity contribution in [1.82, 2.24) is 19.7 Å². The number of aromatic nitrogens is 4. The summed E-state index contributed by atoms with van der Waals surface area (Å²) in [6, 6.07) is 4.80. The molecule has 0 saturated carbocycles. The molecule has 0 aromatic carbocycles. The quantitative estimate of drug-likeness (QED) is 0.555. The summed E-state index contributed by atoms with van der Waals surface area (Å²) in [7, 11) is 0. The van der Waals surface area contributed by atoms with E-state index in [2.05, 4.69) is 20.4 Å². The van der Waals surface area contributed by atoms with Gasteiger partial charge in [0.25, 0.3) is 17.5 Å². The standard InChI is InChI=1S/C16H16N6O3S/c1-8-5-9(2)18-16(17-8)21-14(6-10(3)20-21)19-15(23)13-7-12(22(24)25)11(4)26-13/h5-7H,1-4H3,(H,19,23). The highest BCUT2D eigenvalue weighted by Crippen LogP contribution is 2.28. The minimum absolute atomic E-state index is 0.0671. The molecule has 0 bridgehead atoms. The molecule has 0 aliphatic carbocycles. The zero-order valence-corrected chi connectivity index (χ0v) is 15.4. The molecule has 1 amide bonds. The smallest absolute Gasteiger partial charge is 0.283 e. The van der Waals surface area contributed by atoms with Gasteiger partial charge in [-0.1, -0.05) is 0 Å². The Balaban J connectivity index is 1.94. The Morgan fingerprint density at radius 3 is 2.35 bits per heavy atom. The molecule has 0 saturated heterocycles. The summed E-state index contributed by atoms with van der Waals surface area (Å²) in [5, 5.41) is 18.0. The zero-order chi connectivity index (χ0) is 19.0. The van der Waals surface area contributed by atoms with Gasteiger partial charge in [-0.2, -0.15) is 9.78 Å². The van der Waals surface area contributed by atoms with Crippen LogP contribution in [0.2, 0.25) is 0 Å². The average Bonchev–Trinajstić information content (AvgIpc) is 3.09. The molecule has 10 heteroatoms. The van der Waals surface area contributed by atoms with Crippen LogP contribution in [0.3, 0.4) is 0 Å². The Labute approximate surface area is 152 Å². The van der Waals surface area contributed by atoms with E-state index in [0.29, 0.717) is 22.3 Å². The number of amides is 1. The molecule has 0 atom stereocenters. The number of carbonyl (C=O) groups is 1. The molecule has 0 spiro atoms. The van der Waals surface area contributed by atoms with E-state index < -0.39 is 10.8 Å². The van der Waals surface area contributed by atoms with Crippen molar-refractivity contribution in [2.75, 3.05) is 5.32 Å². The number of nitrogens with one attached hydrogen (secondary N) is 1. The third kappa shape index (κ3) is 3.45. The minimum Gasteiger partial charge on any atom is -0.306 e. The molecule has 0 unspecified atom stereocenters. The topological polar surface area (TPSA) is 116 Å². The predicted molar refractivity (Wildman–Crippen MR) is 97.0 cm³/mol. The molecule has 3 heterocycles. The van der Waals surface area contributed by atoms with Crippen molar-refractivity contribution in [2.24, 2.45) is 0 Å². The molecule has 0 radical (unpaired) electrons. The van der Waals surface area contributed by atoms with Crippen LogP contribution in [0.25, 0.3) is 5.95 Å². The van der Waals surface area contributed by atoms with Gasteiger partial charge in [-0.3, -0.25) is 14.9 Å². The molecule has 3 aromatic rings. The Morgan fingerprint density at radius 1 is 1.12 bits per heavy atom. The fourth-order valence-electron chi connectivity index (χ4n) is 2.49. The van der Waals surface area contributed by atoms with Crippen LogP contribution in [-0.4, -0.2) is 30.6 Å². The first-order valence-corrected chi connectivity index (χ1v) is 8.51. The summed E-state index contributed by atoms with van der Waals surface area (Å²) in [6.07, 6.45) is 0. The minimum atomic E-state index is -0.500. The van der Waals surface area contributed by atoms with Crippen LogP contribution in [0.15, 0.2) is 18.2 Å². The second-order valence-electron chi connectivity index (χ2n) is 5.80. The van der Waals surface area contributed by atoms with Gasteiger partial charge in [0, 0.05) is 23.5 Å². The number of aryl methyl sites for hydroxylation is 4. The van der Waals surface area contributed by atoms with E-state index in [4.69, 9.17) is 0 Å². The summed E-state index contributed by atoms with van der Waals surface area (Å²) >= 11 is 1.07. The summed E-state index contributed by atoms with van der Waals surface area (Å²) in [5.74, 6) is 0.294. The van der Waals surface area contributed by atoms with Gasteiger partial charge in [0.1, 0.15) is 5.82 Å². The first-order valence-electron chi connectivity index (χ1n) is 7.70. The lowest BCUT2D eigenvalue weighted by molar-refractivity contribution is -0.385. The molecule has 3 aromatic heterocycles. The third-order valence-corrected chi connectivity index (χ3v) is 4.58. The normalized spacial score (nSPS) is 10.8. The van der Waals surface area contributed by atoms with Gasteiger partial charge >= 0.3 is 0 Å². The molecule has 0 fully saturated rings. The van der Waals surface area contributed by atoms with Gasteiger partial charge in [-0.15, -0.1) is 11.3 Å². The van der Waals surface area contributed by atoms with Gasteiger partial charge in [0.05, 0.1) is 20.4 Å². The second kappa shape index (κ2) is 6.64. The number of nitro groups is 1. The van der Waals surface area contributed by atoms with Crippen LogP contribution in [0, 0.1) is 37.8 Å². The highest BCUT2D eigenvalue weighted by molar-refractivity contribution is 7.14. The summed E-state index contributed by atoms with van der Waals surface area (Å²) < 4.78 is 1.45. The van der Waals surface area contributed by atoms with Crippen LogP contribution >= 0.6 is 11.3 Å². The van der Waals surface area contributed by atoms with E-state index in [0.717, 1.165) is 22.7 Å².